The molecule has 4 nitrogen and oxygen atoms in total. The molecule has 0 radical (unpaired) electrons. The van der Waals surface area contributed by atoms with E-state index >= 15 is 0 Å². The molecule has 2 N–H and O–H groups in total. The van der Waals surface area contributed by atoms with E-state index in [1.807, 2.05) is 0 Å². The average molecular weight is 182 g/mol. The lowest BCUT2D eigenvalue weighted by Crippen LogP contribution is -1.97. The molecule has 0 fully saturated rings. The third-order valence-corrected chi connectivity index (χ3v) is 1.37. The van der Waals surface area contributed by atoms with E-state index in [4.69, 9.17) is 16.7 Å². The molecule has 0 bridgehead atoms. The first-order chi connectivity index (χ1) is 9.55. The second-order valence-electron chi connectivity index (χ2n) is 2.23. The lowest BCUT2D eigenvalue weighted by Gasteiger charge is -2.03. The molecule has 2 aromatic heterocycles. The van der Waals surface area contributed by atoms with Gasteiger partial charge in [-0.05, 0) is 12.9 Å². The fourth-order valence-corrected chi connectivity index (χ4v) is 0.821. The highest BCUT2D eigenvalue weighted by Gasteiger charge is 2.00. The van der Waals surface area contributed by atoms with Gasteiger partial charge in [-0.15, -0.1) is 0 Å². The molecule has 0 aromatic carbocycles. The number of hydrogen-bond acceptors (Lipinski definition) is 3. The fraction of sp³-hybridized carbons (Fsp3) is 0.111. The Morgan fingerprint density at radius 3 is 3.38 bits per heavy atom. The highest BCUT2D eigenvalue weighted by atomic mass is 15.1. The van der Waals surface area contributed by atoms with Crippen molar-refractivity contribution in [1.29, 1.82) is 0 Å². The van der Waals surface area contributed by atoms with Gasteiger partial charge in [0.15, 0.2) is 0 Å². The van der Waals surface area contributed by atoms with Gasteiger partial charge in [0.2, 0.25) is 0 Å². The minimum Gasteiger partial charge on any atom is -0.397 e. The van der Waals surface area contributed by atoms with Gasteiger partial charge in [-0.25, -0.2) is 4.98 Å². The Kier molecular flexibility index (Phi) is 0.631. The molecular formula is C9H10N4. The van der Waals surface area contributed by atoms with Gasteiger partial charge in [-0.2, -0.15) is 0 Å². The molecule has 2 rings (SSSR count). The lowest BCUT2D eigenvalue weighted by molar-refractivity contribution is 1.04. The zero-order valence-electron chi connectivity index (χ0n) is 14.4. The summed E-state index contributed by atoms with van der Waals surface area (Å²) in [7, 11) is 0. The molecule has 0 amide bonds. The third-order valence-electron chi connectivity index (χ3n) is 1.37. The summed E-state index contributed by atoms with van der Waals surface area (Å²) in [5.41, 5.74) is 4.41. The van der Waals surface area contributed by atoms with E-state index in [0.717, 1.165) is 4.57 Å². The van der Waals surface area contributed by atoms with E-state index in [0.29, 0.717) is 0 Å². The molecule has 0 unspecified atom stereocenters. The van der Waals surface area contributed by atoms with Gasteiger partial charge in [-0.1, -0.05) is 0 Å². The minimum atomic E-state index is -2.69. The predicted molar refractivity (Wildman–Crippen MR) is 50.5 cm³/mol. The number of anilines is 1. The Bertz CT molecular complexity index is 720. The van der Waals surface area contributed by atoms with Crippen LogP contribution in [0.2, 0.25) is 0 Å². The van der Waals surface area contributed by atoms with Gasteiger partial charge < -0.3 is 10.3 Å². The maximum Gasteiger partial charge on any atom is 0.105 e. The molecule has 2 heterocycles. The van der Waals surface area contributed by atoms with E-state index in [-0.39, 0.29) is 11.4 Å². The molecule has 0 saturated carbocycles. The van der Waals surface area contributed by atoms with Gasteiger partial charge in [0.1, 0.15) is 1.37 Å². The molecule has 2 aromatic rings. The van der Waals surface area contributed by atoms with Crippen molar-refractivity contribution >= 4 is 5.69 Å². The van der Waals surface area contributed by atoms with E-state index in [2.05, 4.69) is 9.97 Å². The molecule has 0 saturated heterocycles. The Labute approximate surface area is 87.3 Å². The average Bonchev–Trinajstić information content (AvgIpc) is 2.64. The Morgan fingerprint density at radius 1 is 1.69 bits per heavy atom. The summed E-state index contributed by atoms with van der Waals surface area (Å²) in [5, 5.41) is 0. The summed E-state index contributed by atoms with van der Waals surface area (Å²) in [6.45, 7) is -2.69. The maximum atomic E-state index is 7.82. The van der Waals surface area contributed by atoms with Crippen LogP contribution in [0.4, 0.5) is 5.69 Å². The number of aromatic nitrogens is 3. The molecule has 0 aliphatic heterocycles. The largest absolute Gasteiger partial charge is 0.397 e. The standard InChI is InChI=1S/C9H10N4/c1-7-5-13(6-12-7)9-4-11-3-2-8(9)10/h2-6H,1H3,(H2,10,11)/i1D3,2D,3D,4D,5D,6D. The predicted octanol–water partition coefficient (Wildman–Crippen LogP) is 1.16. The molecule has 4 heteroatoms. The zero-order valence-corrected chi connectivity index (χ0v) is 6.42. The van der Waals surface area contributed by atoms with Crippen molar-refractivity contribution in [3.8, 4) is 5.69 Å². The quantitative estimate of drug-likeness (QED) is 0.720. The van der Waals surface area contributed by atoms with Crippen molar-refractivity contribution < 1.29 is 11.0 Å². The molecular weight excluding hydrogens is 164 g/mol. The summed E-state index contributed by atoms with van der Waals surface area (Å²) in [5.74, 6) is 0. The summed E-state index contributed by atoms with van der Waals surface area (Å²) in [6, 6.07) is -0.469. The van der Waals surface area contributed by atoms with Crippen molar-refractivity contribution in [2.45, 2.75) is 6.85 Å². The highest BCUT2D eigenvalue weighted by Crippen LogP contribution is 2.14. The Hall–Kier alpha value is -1.84. The van der Waals surface area contributed by atoms with Crippen LogP contribution >= 0.6 is 0 Å². The van der Waals surface area contributed by atoms with Crippen LogP contribution in [-0.4, -0.2) is 14.5 Å². The first-order valence-electron chi connectivity index (χ1n) is 7.35. The molecule has 0 aliphatic carbocycles. The lowest BCUT2D eigenvalue weighted by atomic mass is 10.3. The number of nitrogens with two attached hydrogens (primary N) is 1. The highest BCUT2D eigenvalue weighted by molar-refractivity contribution is 5.55. The van der Waals surface area contributed by atoms with Gasteiger partial charge in [0.05, 0.1) is 35.0 Å². The monoisotopic (exact) mass is 182 g/mol. The van der Waals surface area contributed by atoms with Gasteiger partial charge >= 0.3 is 0 Å². The summed E-state index contributed by atoms with van der Waals surface area (Å²) in [6.07, 6.45) is -2.29. The zero-order chi connectivity index (χ0) is 16.1. The number of aryl methyl sites for hydroxylation is 1. The number of imidazole rings is 1. The minimum absolute atomic E-state index is 0.297. The van der Waals surface area contributed by atoms with Crippen LogP contribution in [-0.2, 0) is 0 Å². The second kappa shape index (κ2) is 2.90. The Morgan fingerprint density at radius 2 is 2.62 bits per heavy atom. The van der Waals surface area contributed by atoms with E-state index < -0.39 is 43.4 Å². The smallest absolute Gasteiger partial charge is 0.105 e. The normalized spacial score (nSPS) is 20.0. The number of nitrogens with zero attached hydrogens (tertiary/aromatic N) is 3. The molecule has 0 spiro atoms. The van der Waals surface area contributed by atoms with Crippen molar-refractivity contribution in [3.63, 3.8) is 0 Å². The number of pyridine rings is 1. The summed E-state index contributed by atoms with van der Waals surface area (Å²) < 4.78 is 60.6. The van der Waals surface area contributed by atoms with Crippen LogP contribution in [0.3, 0.4) is 0 Å². The van der Waals surface area contributed by atoms with E-state index in [1.54, 1.807) is 0 Å². The molecule has 0 aliphatic rings. The van der Waals surface area contributed by atoms with Gasteiger partial charge in [0, 0.05) is 16.5 Å². The van der Waals surface area contributed by atoms with Crippen LogP contribution in [0.5, 0.6) is 0 Å². The molecule has 0 atom stereocenters. The number of rotatable bonds is 1. The van der Waals surface area contributed by atoms with Crippen molar-refractivity contribution in [3.05, 3.63) is 36.6 Å². The first kappa shape index (κ1) is 2.83. The van der Waals surface area contributed by atoms with Crippen molar-refractivity contribution in [1.82, 2.24) is 14.5 Å². The molecule has 13 heavy (non-hydrogen) atoms. The topological polar surface area (TPSA) is 56.7 Å². The summed E-state index contributed by atoms with van der Waals surface area (Å²) in [4.78, 5) is 6.97. The van der Waals surface area contributed by atoms with Crippen LogP contribution in [0.1, 0.15) is 16.7 Å². The third kappa shape index (κ3) is 1.38. The van der Waals surface area contributed by atoms with Crippen molar-refractivity contribution in [2.24, 2.45) is 0 Å². The number of hydrogen-bond donors (Lipinski definition) is 1. The van der Waals surface area contributed by atoms with E-state index in [9.17, 15) is 0 Å². The first-order valence-corrected chi connectivity index (χ1v) is 3.35. The Balaban J connectivity index is 2.81. The summed E-state index contributed by atoms with van der Waals surface area (Å²) >= 11 is 0. The second-order valence-corrected chi connectivity index (χ2v) is 2.23. The number of nitrogen functional groups attached to an aromatic ring is 1. The molecule has 66 valence electrons. The van der Waals surface area contributed by atoms with Crippen LogP contribution in [0, 0.1) is 6.85 Å². The fourth-order valence-electron chi connectivity index (χ4n) is 0.821. The maximum absolute atomic E-state index is 7.82. The van der Waals surface area contributed by atoms with Crippen LogP contribution in [0.15, 0.2) is 30.9 Å². The van der Waals surface area contributed by atoms with Crippen LogP contribution < -0.4 is 5.73 Å². The van der Waals surface area contributed by atoms with E-state index in [1.165, 1.54) is 0 Å². The van der Waals surface area contributed by atoms with Gasteiger partial charge in [0.25, 0.3) is 0 Å². The SMILES string of the molecule is [2H]c1nc([2H])c(-n2c([2H])nc(C([2H])([2H])[2H])c2[2H])c(N)c1[2H]. The van der Waals surface area contributed by atoms with Gasteiger partial charge in [-0.3, -0.25) is 4.98 Å². The van der Waals surface area contributed by atoms with Crippen molar-refractivity contribution in [2.75, 3.05) is 5.73 Å². The van der Waals surface area contributed by atoms with Crippen LogP contribution in [0.25, 0.3) is 5.69 Å².